The Balaban J connectivity index is 2.42. The molecule has 1 aliphatic rings. The summed E-state index contributed by atoms with van der Waals surface area (Å²) in [5.74, 6) is -0.689. The minimum Gasteiger partial charge on any atom is -0.465 e. The van der Waals surface area contributed by atoms with E-state index in [4.69, 9.17) is 0 Å². The summed E-state index contributed by atoms with van der Waals surface area (Å²) < 4.78 is 18.5. The average Bonchev–Trinajstić information content (AvgIpc) is 2.94. The summed E-state index contributed by atoms with van der Waals surface area (Å²) in [6.45, 7) is 0. The number of carbonyl (C=O) groups is 1. The second-order valence-corrected chi connectivity index (χ2v) is 3.44. The lowest BCUT2D eigenvalue weighted by Gasteiger charge is -2.04. The van der Waals surface area contributed by atoms with E-state index in [1.165, 1.54) is 23.9 Å². The highest BCUT2D eigenvalue weighted by Crippen LogP contribution is 2.37. The second kappa shape index (κ2) is 3.49. The molecule has 0 radical (unpaired) electrons. The average molecular weight is 211 g/mol. The number of rotatable bonds is 2. The Labute approximate surface area is 85.3 Å². The van der Waals surface area contributed by atoms with Crippen LogP contribution in [0, 0.1) is 0 Å². The van der Waals surface area contributed by atoms with Gasteiger partial charge in [0.2, 0.25) is 0 Å². The van der Waals surface area contributed by atoms with Gasteiger partial charge in [-0.2, -0.15) is 0 Å². The minimum absolute atomic E-state index is 0.0564. The molecule has 0 bridgehead atoms. The maximum absolute atomic E-state index is 12.8. The minimum atomic E-state index is -0.976. The van der Waals surface area contributed by atoms with Crippen molar-refractivity contribution in [3.8, 4) is 0 Å². The molecule has 0 aromatic carbocycles. The zero-order valence-electron chi connectivity index (χ0n) is 8.14. The molecule has 1 heterocycles. The molecule has 1 saturated carbocycles. The third-order valence-corrected chi connectivity index (χ3v) is 2.42. The third kappa shape index (κ3) is 1.65. The van der Waals surface area contributed by atoms with Gasteiger partial charge >= 0.3 is 5.97 Å². The number of alkyl halides is 1. The highest BCUT2D eigenvalue weighted by molar-refractivity contribution is 5.88. The molecule has 0 aliphatic heterocycles. The molecule has 1 aliphatic carbocycles. The van der Waals surface area contributed by atoms with Crippen LogP contribution in [0.4, 0.5) is 4.39 Å². The van der Waals surface area contributed by atoms with Crippen molar-refractivity contribution in [3.05, 3.63) is 34.2 Å². The molecule has 80 valence electrons. The van der Waals surface area contributed by atoms with Gasteiger partial charge in [0.05, 0.1) is 13.2 Å². The first-order valence-electron chi connectivity index (χ1n) is 4.58. The number of hydrogen-bond donors (Lipinski definition) is 0. The Kier molecular flexibility index (Phi) is 2.30. The van der Waals surface area contributed by atoms with Gasteiger partial charge in [-0.25, -0.2) is 9.18 Å². The summed E-state index contributed by atoms with van der Waals surface area (Å²) in [4.78, 5) is 22.9. The number of ether oxygens (including phenoxy) is 1. The van der Waals surface area contributed by atoms with Crippen LogP contribution in [-0.2, 0) is 4.74 Å². The standard InChI is InChI=1S/C10H10FNO3/c1-15-10(14)6-3-2-4-12(9(6)13)8-5-7(8)11/h2-4,7-8H,5H2,1H3. The van der Waals surface area contributed by atoms with Crippen molar-refractivity contribution < 1.29 is 13.9 Å². The van der Waals surface area contributed by atoms with Crippen LogP contribution in [0.5, 0.6) is 0 Å². The lowest BCUT2D eigenvalue weighted by atomic mass is 10.3. The Hall–Kier alpha value is -1.65. The number of esters is 1. The van der Waals surface area contributed by atoms with Crippen molar-refractivity contribution in [2.45, 2.75) is 18.6 Å². The maximum atomic E-state index is 12.8. The molecule has 2 unspecified atom stereocenters. The number of nitrogens with zero attached hydrogens (tertiary/aromatic N) is 1. The van der Waals surface area contributed by atoms with Gasteiger partial charge in [-0.1, -0.05) is 0 Å². The fourth-order valence-electron chi connectivity index (χ4n) is 1.48. The van der Waals surface area contributed by atoms with E-state index in [0.29, 0.717) is 6.42 Å². The van der Waals surface area contributed by atoms with Crippen molar-refractivity contribution in [3.63, 3.8) is 0 Å². The molecule has 0 N–H and O–H groups in total. The van der Waals surface area contributed by atoms with E-state index in [-0.39, 0.29) is 5.56 Å². The van der Waals surface area contributed by atoms with Crippen molar-refractivity contribution in [2.75, 3.05) is 7.11 Å². The van der Waals surface area contributed by atoms with Gasteiger partial charge < -0.3 is 9.30 Å². The molecular weight excluding hydrogens is 201 g/mol. The summed E-state index contributed by atoms with van der Waals surface area (Å²) >= 11 is 0. The molecule has 1 fully saturated rings. The summed E-state index contributed by atoms with van der Waals surface area (Å²) in [5, 5.41) is 0. The van der Waals surface area contributed by atoms with Crippen LogP contribution in [0.1, 0.15) is 22.8 Å². The van der Waals surface area contributed by atoms with E-state index >= 15 is 0 Å². The van der Waals surface area contributed by atoms with Gasteiger partial charge in [-0.05, 0) is 12.1 Å². The van der Waals surface area contributed by atoms with Crippen molar-refractivity contribution in [1.82, 2.24) is 4.57 Å². The van der Waals surface area contributed by atoms with Crippen LogP contribution in [0.3, 0.4) is 0 Å². The SMILES string of the molecule is COC(=O)c1cccn(C2CC2F)c1=O. The zero-order valence-corrected chi connectivity index (χ0v) is 8.14. The van der Waals surface area contributed by atoms with E-state index in [1.807, 2.05) is 0 Å². The van der Waals surface area contributed by atoms with E-state index in [2.05, 4.69) is 4.74 Å². The summed E-state index contributed by atoms with van der Waals surface area (Å²) in [5.41, 5.74) is -0.548. The monoisotopic (exact) mass is 211 g/mol. The maximum Gasteiger partial charge on any atom is 0.343 e. The Morgan fingerprint density at radius 1 is 1.67 bits per heavy atom. The smallest absolute Gasteiger partial charge is 0.343 e. The summed E-state index contributed by atoms with van der Waals surface area (Å²) in [6.07, 6.45) is 0.847. The molecule has 2 atom stereocenters. The van der Waals surface area contributed by atoms with E-state index < -0.39 is 23.7 Å². The number of halogens is 1. The van der Waals surface area contributed by atoms with Crippen LogP contribution in [0.15, 0.2) is 23.1 Å². The number of carbonyl (C=O) groups excluding carboxylic acids is 1. The largest absolute Gasteiger partial charge is 0.465 e. The first-order valence-corrected chi connectivity index (χ1v) is 4.58. The molecule has 1 aromatic heterocycles. The Bertz CT molecular complexity index is 454. The predicted molar refractivity (Wildman–Crippen MR) is 50.6 cm³/mol. The first kappa shape index (κ1) is 9.89. The van der Waals surface area contributed by atoms with E-state index in [9.17, 15) is 14.0 Å². The normalized spacial score (nSPS) is 23.6. The van der Waals surface area contributed by atoms with Crippen LogP contribution >= 0.6 is 0 Å². The predicted octanol–water partition coefficient (Wildman–Crippen LogP) is 0.918. The Morgan fingerprint density at radius 3 is 2.87 bits per heavy atom. The van der Waals surface area contributed by atoms with Crippen LogP contribution in [-0.4, -0.2) is 23.8 Å². The first-order chi connectivity index (χ1) is 7.15. The van der Waals surface area contributed by atoms with Crippen molar-refractivity contribution >= 4 is 5.97 Å². The number of aromatic nitrogens is 1. The van der Waals surface area contributed by atoms with Gasteiger partial charge in [-0.15, -0.1) is 0 Å². The molecule has 1 aromatic rings. The summed E-state index contributed by atoms with van der Waals surface area (Å²) in [6, 6.07) is 2.50. The highest BCUT2D eigenvalue weighted by atomic mass is 19.1. The van der Waals surface area contributed by atoms with Crippen molar-refractivity contribution in [1.29, 1.82) is 0 Å². The molecule has 0 spiro atoms. The summed E-state index contributed by atoms with van der Waals surface area (Å²) in [7, 11) is 1.20. The van der Waals surface area contributed by atoms with Gasteiger partial charge in [-0.3, -0.25) is 4.79 Å². The van der Waals surface area contributed by atoms with Gasteiger partial charge in [0.25, 0.3) is 5.56 Å². The molecule has 0 saturated heterocycles. The molecule has 5 heteroatoms. The molecule has 0 amide bonds. The van der Waals surface area contributed by atoms with Crippen LogP contribution in [0.25, 0.3) is 0 Å². The number of pyridine rings is 1. The highest BCUT2D eigenvalue weighted by Gasteiger charge is 2.40. The van der Waals surface area contributed by atoms with E-state index in [0.717, 1.165) is 0 Å². The zero-order chi connectivity index (χ0) is 11.0. The fourth-order valence-corrected chi connectivity index (χ4v) is 1.48. The van der Waals surface area contributed by atoms with Crippen LogP contribution in [0.2, 0.25) is 0 Å². The molecule has 15 heavy (non-hydrogen) atoms. The van der Waals surface area contributed by atoms with Gasteiger partial charge in [0, 0.05) is 12.6 Å². The van der Waals surface area contributed by atoms with Gasteiger partial charge in [0.1, 0.15) is 11.7 Å². The number of methoxy groups -OCH3 is 1. The fraction of sp³-hybridized carbons (Fsp3) is 0.400. The topological polar surface area (TPSA) is 48.3 Å². The molecule has 2 rings (SSSR count). The van der Waals surface area contributed by atoms with Gasteiger partial charge in [0.15, 0.2) is 0 Å². The third-order valence-electron chi connectivity index (χ3n) is 2.42. The Morgan fingerprint density at radius 2 is 2.33 bits per heavy atom. The quantitative estimate of drug-likeness (QED) is 0.683. The number of hydrogen-bond acceptors (Lipinski definition) is 3. The van der Waals surface area contributed by atoms with E-state index in [1.54, 1.807) is 6.07 Å². The lowest BCUT2D eigenvalue weighted by molar-refractivity contribution is 0.0598. The van der Waals surface area contributed by atoms with Crippen LogP contribution < -0.4 is 5.56 Å². The molecular formula is C10H10FNO3. The molecule has 4 nitrogen and oxygen atoms in total. The van der Waals surface area contributed by atoms with Crippen molar-refractivity contribution in [2.24, 2.45) is 0 Å². The lowest BCUT2D eigenvalue weighted by Crippen LogP contribution is -2.26. The second-order valence-electron chi connectivity index (χ2n) is 3.44.